The quantitative estimate of drug-likeness (QED) is 0.784. The summed E-state index contributed by atoms with van der Waals surface area (Å²) in [6, 6.07) is 5.73. The number of fused-ring (bicyclic) bond motifs is 1. The molecule has 17 heavy (non-hydrogen) atoms. The Morgan fingerprint density at radius 1 is 1.18 bits per heavy atom. The van der Waals surface area contributed by atoms with Crippen molar-refractivity contribution in [3.8, 4) is 22.8 Å². The van der Waals surface area contributed by atoms with Crippen LogP contribution in [0.3, 0.4) is 0 Å². The molecule has 1 aliphatic rings. The van der Waals surface area contributed by atoms with Gasteiger partial charge in [0.05, 0.1) is 5.69 Å². The Balaban J connectivity index is 2.11. The molecule has 2 aromatic rings. The second kappa shape index (κ2) is 3.69. The molecule has 0 unspecified atom stereocenters. The minimum absolute atomic E-state index is 0.481. The van der Waals surface area contributed by atoms with Gasteiger partial charge in [0.25, 0.3) is 0 Å². The highest BCUT2D eigenvalue weighted by Crippen LogP contribution is 2.36. The number of aryl methyl sites for hydroxylation is 1. The van der Waals surface area contributed by atoms with E-state index in [1.54, 1.807) is 6.07 Å². The number of nitrogens with two attached hydrogens (primary N) is 1. The van der Waals surface area contributed by atoms with Gasteiger partial charge in [0.1, 0.15) is 19.0 Å². The summed E-state index contributed by atoms with van der Waals surface area (Å²) in [6.45, 7) is 3.20. The third-order valence-electron chi connectivity index (χ3n) is 2.78. The van der Waals surface area contributed by atoms with Crippen molar-refractivity contribution in [1.82, 2.24) is 10.2 Å². The van der Waals surface area contributed by atoms with Crippen LogP contribution < -0.4 is 15.2 Å². The van der Waals surface area contributed by atoms with Gasteiger partial charge in [0, 0.05) is 11.6 Å². The number of anilines is 1. The molecule has 0 fully saturated rings. The van der Waals surface area contributed by atoms with Crippen molar-refractivity contribution >= 4 is 5.82 Å². The van der Waals surface area contributed by atoms with Crippen LogP contribution in [0.1, 0.15) is 5.56 Å². The summed E-state index contributed by atoms with van der Waals surface area (Å²) < 4.78 is 11.1. The zero-order valence-electron chi connectivity index (χ0n) is 9.49. The maximum Gasteiger partial charge on any atom is 0.162 e. The largest absolute Gasteiger partial charge is 0.486 e. The average molecular weight is 231 g/mol. The first-order valence-electron chi connectivity index (χ1n) is 5.45. The van der Waals surface area contributed by atoms with E-state index in [1.807, 2.05) is 19.1 Å². The fourth-order valence-corrected chi connectivity index (χ4v) is 1.96. The van der Waals surface area contributed by atoms with Gasteiger partial charge in [0.15, 0.2) is 11.5 Å². The van der Waals surface area contributed by atoms with Gasteiger partial charge in [-0.3, -0.25) is 5.10 Å². The Morgan fingerprint density at radius 3 is 2.53 bits per heavy atom. The van der Waals surface area contributed by atoms with Crippen LogP contribution in [0.4, 0.5) is 5.82 Å². The summed E-state index contributed by atoms with van der Waals surface area (Å²) >= 11 is 0. The van der Waals surface area contributed by atoms with Gasteiger partial charge < -0.3 is 15.2 Å². The van der Waals surface area contributed by atoms with Crippen molar-refractivity contribution in [2.45, 2.75) is 6.92 Å². The summed E-state index contributed by atoms with van der Waals surface area (Å²) in [5.74, 6) is 2.05. The zero-order valence-corrected chi connectivity index (χ0v) is 9.49. The Morgan fingerprint density at radius 2 is 1.88 bits per heavy atom. The number of nitrogens with one attached hydrogen (secondary N) is 1. The highest BCUT2D eigenvalue weighted by atomic mass is 16.6. The lowest BCUT2D eigenvalue weighted by atomic mass is 10.0. The molecule has 0 saturated heterocycles. The number of nitrogens with zero attached hydrogens (tertiary/aromatic N) is 1. The molecule has 0 spiro atoms. The predicted octanol–water partition coefficient (Wildman–Crippen LogP) is 1.74. The van der Waals surface area contributed by atoms with Crippen molar-refractivity contribution in [3.05, 3.63) is 23.8 Å². The number of nitrogen functional groups attached to an aromatic ring is 1. The first-order chi connectivity index (χ1) is 8.24. The summed E-state index contributed by atoms with van der Waals surface area (Å²) in [6.07, 6.45) is 0. The predicted molar refractivity (Wildman–Crippen MR) is 64.2 cm³/mol. The second-order valence-corrected chi connectivity index (χ2v) is 4.02. The molecule has 1 aromatic carbocycles. The Labute approximate surface area is 98.5 Å². The smallest absolute Gasteiger partial charge is 0.162 e. The van der Waals surface area contributed by atoms with E-state index in [0.29, 0.717) is 19.0 Å². The highest BCUT2D eigenvalue weighted by Gasteiger charge is 2.15. The maximum atomic E-state index is 5.61. The lowest BCUT2D eigenvalue weighted by Crippen LogP contribution is -2.15. The van der Waals surface area contributed by atoms with Gasteiger partial charge in [-0.2, -0.15) is 5.10 Å². The fourth-order valence-electron chi connectivity index (χ4n) is 1.96. The van der Waals surface area contributed by atoms with E-state index in [1.165, 1.54) is 0 Å². The van der Waals surface area contributed by atoms with Crippen molar-refractivity contribution in [1.29, 1.82) is 0 Å². The first-order valence-corrected chi connectivity index (χ1v) is 5.45. The fraction of sp³-hybridized carbons (Fsp3) is 0.250. The van der Waals surface area contributed by atoms with Crippen LogP contribution in [-0.2, 0) is 0 Å². The van der Waals surface area contributed by atoms with Gasteiger partial charge in [0.2, 0.25) is 0 Å². The number of benzene rings is 1. The topological polar surface area (TPSA) is 73.2 Å². The summed E-state index contributed by atoms with van der Waals surface area (Å²) in [5.41, 5.74) is 8.61. The van der Waals surface area contributed by atoms with E-state index in [0.717, 1.165) is 28.3 Å². The number of ether oxygens (including phenoxy) is 2. The average Bonchev–Trinajstić information content (AvgIpc) is 2.75. The van der Waals surface area contributed by atoms with Gasteiger partial charge >= 0.3 is 0 Å². The normalized spacial score (nSPS) is 13.7. The van der Waals surface area contributed by atoms with Crippen LogP contribution in [0, 0.1) is 6.92 Å². The van der Waals surface area contributed by atoms with Gasteiger partial charge in [-0.1, -0.05) is 0 Å². The Bertz CT molecular complexity index is 563. The van der Waals surface area contributed by atoms with Crippen LogP contribution in [0.25, 0.3) is 11.3 Å². The molecule has 0 atom stereocenters. The van der Waals surface area contributed by atoms with Gasteiger partial charge in [-0.05, 0) is 24.6 Å². The summed E-state index contributed by atoms with van der Waals surface area (Å²) in [4.78, 5) is 0. The number of hydrogen-bond donors (Lipinski definition) is 2. The number of hydrogen-bond acceptors (Lipinski definition) is 4. The van der Waals surface area contributed by atoms with Crippen LogP contribution in [-0.4, -0.2) is 23.4 Å². The zero-order chi connectivity index (χ0) is 11.8. The van der Waals surface area contributed by atoms with Crippen molar-refractivity contribution in [3.63, 3.8) is 0 Å². The number of aromatic amines is 1. The SMILES string of the molecule is Cc1cc2c(cc1-c1cc(N)n[nH]1)OCCO2. The number of H-pyrrole nitrogens is 1. The monoisotopic (exact) mass is 231 g/mol. The molecule has 2 heterocycles. The van der Waals surface area contributed by atoms with E-state index in [9.17, 15) is 0 Å². The molecule has 0 saturated carbocycles. The highest BCUT2D eigenvalue weighted by molar-refractivity contribution is 5.69. The van der Waals surface area contributed by atoms with E-state index >= 15 is 0 Å². The molecule has 1 aromatic heterocycles. The maximum absolute atomic E-state index is 5.61. The third kappa shape index (κ3) is 1.69. The molecule has 3 rings (SSSR count). The van der Waals surface area contributed by atoms with Crippen molar-refractivity contribution in [2.75, 3.05) is 18.9 Å². The molecule has 5 heteroatoms. The first kappa shape index (κ1) is 10.0. The van der Waals surface area contributed by atoms with Gasteiger partial charge in [-0.15, -0.1) is 0 Å². The molecule has 1 aliphatic heterocycles. The number of rotatable bonds is 1. The molecular weight excluding hydrogens is 218 g/mol. The molecule has 0 amide bonds. The molecule has 0 aliphatic carbocycles. The molecule has 3 N–H and O–H groups in total. The standard InChI is InChI=1S/C12H13N3O2/c1-7-4-10-11(17-3-2-16-10)5-8(7)9-6-12(13)15-14-9/h4-6H,2-3H2,1H3,(H3,13,14,15). The lowest BCUT2D eigenvalue weighted by Gasteiger charge is -2.20. The molecule has 0 radical (unpaired) electrons. The van der Waals surface area contributed by atoms with Crippen molar-refractivity contribution in [2.24, 2.45) is 0 Å². The van der Waals surface area contributed by atoms with E-state index in [4.69, 9.17) is 15.2 Å². The van der Waals surface area contributed by atoms with E-state index < -0.39 is 0 Å². The minimum Gasteiger partial charge on any atom is -0.486 e. The van der Waals surface area contributed by atoms with Crippen LogP contribution in [0.15, 0.2) is 18.2 Å². The molecule has 5 nitrogen and oxygen atoms in total. The molecule has 0 bridgehead atoms. The molecule has 88 valence electrons. The van der Waals surface area contributed by atoms with Crippen LogP contribution in [0.5, 0.6) is 11.5 Å². The summed E-state index contributed by atoms with van der Waals surface area (Å²) in [7, 11) is 0. The van der Waals surface area contributed by atoms with Crippen LogP contribution >= 0.6 is 0 Å². The molecular formula is C12H13N3O2. The Kier molecular flexibility index (Phi) is 2.18. The van der Waals surface area contributed by atoms with Crippen LogP contribution in [0.2, 0.25) is 0 Å². The lowest BCUT2D eigenvalue weighted by molar-refractivity contribution is 0.171. The van der Waals surface area contributed by atoms with Crippen molar-refractivity contribution < 1.29 is 9.47 Å². The second-order valence-electron chi connectivity index (χ2n) is 4.02. The van der Waals surface area contributed by atoms with Gasteiger partial charge in [-0.25, -0.2) is 0 Å². The minimum atomic E-state index is 0.481. The third-order valence-corrected chi connectivity index (χ3v) is 2.78. The summed E-state index contributed by atoms with van der Waals surface area (Å²) in [5, 5.41) is 6.82. The Hall–Kier alpha value is -2.17. The number of aromatic nitrogens is 2. The van der Waals surface area contributed by atoms with E-state index in [2.05, 4.69) is 10.2 Å². The van der Waals surface area contributed by atoms with E-state index in [-0.39, 0.29) is 0 Å².